The molecule has 3 saturated carbocycles. The number of allylic oxidation sites excluding steroid dienone is 2. The van der Waals surface area contributed by atoms with E-state index in [0.717, 1.165) is 60.7 Å². The first kappa shape index (κ1) is 30.8. The normalized spacial score (nSPS) is 41.0. The van der Waals surface area contributed by atoms with E-state index in [1.54, 1.807) is 6.33 Å². The lowest BCUT2D eigenvalue weighted by molar-refractivity contribution is -0.179. The third-order valence-electron chi connectivity index (χ3n) is 15.4. The van der Waals surface area contributed by atoms with Crippen LogP contribution in [0.3, 0.4) is 0 Å². The van der Waals surface area contributed by atoms with Gasteiger partial charge in [0.1, 0.15) is 6.33 Å². The SMILES string of the molecule is C[C@@H]1CC[C@]2(C(=O)O)CC[C@]3(C)C(=CCC4[C@@]5(C)Cc6c(nc7ncnn7c6-c6ccc(Br)cc6)C(C)(C)C5CC[C@]43C)C2[C@H]1C. The summed E-state index contributed by atoms with van der Waals surface area (Å²) in [6.07, 6.45) is 12.2. The third-order valence-corrected chi connectivity index (χ3v) is 15.9. The van der Waals surface area contributed by atoms with Gasteiger partial charge in [0.25, 0.3) is 5.78 Å². The molecule has 0 bridgehead atoms. The van der Waals surface area contributed by atoms with E-state index in [4.69, 9.17) is 10.1 Å². The van der Waals surface area contributed by atoms with Crippen LogP contribution in [0.4, 0.5) is 0 Å². The van der Waals surface area contributed by atoms with Crippen molar-refractivity contribution in [2.45, 2.75) is 105 Å². The highest BCUT2D eigenvalue weighted by Gasteiger charge is 2.69. The Morgan fingerprint density at radius 1 is 0.978 bits per heavy atom. The summed E-state index contributed by atoms with van der Waals surface area (Å²) in [6.45, 7) is 17.3. The van der Waals surface area contributed by atoms with E-state index in [1.807, 2.05) is 4.52 Å². The van der Waals surface area contributed by atoms with Crippen LogP contribution in [0, 0.1) is 51.2 Å². The second-order valence-electron chi connectivity index (χ2n) is 17.3. The zero-order chi connectivity index (χ0) is 32.6. The van der Waals surface area contributed by atoms with Gasteiger partial charge in [0.15, 0.2) is 0 Å². The summed E-state index contributed by atoms with van der Waals surface area (Å²) in [5.41, 5.74) is 5.64. The first-order valence-corrected chi connectivity index (χ1v) is 18.4. The van der Waals surface area contributed by atoms with E-state index in [1.165, 1.54) is 23.3 Å². The van der Waals surface area contributed by atoms with Gasteiger partial charge < -0.3 is 5.11 Å². The van der Waals surface area contributed by atoms with Crippen molar-refractivity contribution in [2.24, 2.45) is 51.2 Å². The molecule has 244 valence electrons. The molecular formula is C39H49BrN4O2. The topological polar surface area (TPSA) is 80.4 Å². The molecule has 0 spiro atoms. The van der Waals surface area contributed by atoms with E-state index >= 15 is 0 Å². The summed E-state index contributed by atoms with van der Waals surface area (Å²) in [4.78, 5) is 23.0. The lowest BCUT2D eigenvalue weighted by Crippen LogP contribution is -2.65. The Kier molecular flexibility index (Phi) is 6.53. The third kappa shape index (κ3) is 3.70. The molecule has 0 aliphatic heterocycles. The highest BCUT2D eigenvalue weighted by Crippen LogP contribution is 2.75. The number of carbonyl (C=O) groups is 1. The number of hydrogen-bond donors (Lipinski definition) is 1. The van der Waals surface area contributed by atoms with Crippen molar-refractivity contribution >= 4 is 27.7 Å². The summed E-state index contributed by atoms with van der Waals surface area (Å²) < 4.78 is 3.02. The number of aromatic nitrogens is 4. The van der Waals surface area contributed by atoms with Crippen molar-refractivity contribution in [1.29, 1.82) is 0 Å². The van der Waals surface area contributed by atoms with Crippen LogP contribution in [-0.4, -0.2) is 30.7 Å². The number of halogens is 1. The van der Waals surface area contributed by atoms with Crippen molar-refractivity contribution < 1.29 is 9.90 Å². The number of aliphatic carboxylic acids is 1. The van der Waals surface area contributed by atoms with Crippen LogP contribution in [0.1, 0.15) is 105 Å². The molecule has 9 atom stereocenters. The maximum atomic E-state index is 13.1. The molecule has 7 heteroatoms. The summed E-state index contributed by atoms with van der Waals surface area (Å²) in [6, 6.07) is 8.60. The average molecular weight is 686 g/mol. The molecule has 0 amide bonds. The van der Waals surface area contributed by atoms with Crippen molar-refractivity contribution in [1.82, 2.24) is 19.6 Å². The largest absolute Gasteiger partial charge is 0.481 e. The summed E-state index contributed by atoms with van der Waals surface area (Å²) in [7, 11) is 0. The predicted octanol–water partition coefficient (Wildman–Crippen LogP) is 9.31. The van der Waals surface area contributed by atoms with Gasteiger partial charge in [-0.2, -0.15) is 14.6 Å². The second-order valence-corrected chi connectivity index (χ2v) is 18.2. The van der Waals surface area contributed by atoms with Crippen LogP contribution in [0.2, 0.25) is 0 Å². The quantitative estimate of drug-likeness (QED) is 0.272. The Bertz CT molecular complexity index is 1790. The van der Waals surface area contributed by atoms with E-state index in [0.29, 0.717) is 29.4 Å². The zero-order valence-corrected chi connectivity index (χ0v) is 30.1. The van der Waals surface area contributed by atoms with Gasteiger partial charge in [-0.3, -0.25) is 4.79 Å². The maximum Gasteiger partial charge on any atom is 0.310 e. The van der Waals surface area contributed by atoms with Crippen LogP contribution in [0.25, 0.3) is 17.0 Å². The molecular weight excluding hydrogens is 636 g/mol. The lowest BCUT2D eigenvalue weighted by atomic mass is 9.33. The van der Waals surface area contributed by atoms with Gasteiger partial charge in [-0.25, -0.2) is 4.98 Å². The zero-order valence-electron chi connectivity index (χ0n) is 28.5. The molecule has 8 rings (SSSR count). The number of carboxylic acids is 1. The Balaban J connectivity index is 1.30. The molecule has 3 unspecified atom stereocenters. The molecule has 0 saturated heterocycles. The monoisotopic (exact) mass is 684 g/mol. The molecule has 6 nitrogen and oxygen atoms in total. The van der Waals surface area contributed by atoms with Gasteiger partial charge in [0.2, 0.25) is 0 Å². The van der Waals surface area contributed by atoms with Crippen LogP contribution < -0.4 is 0 Å². The minimum absolute atomic E-state index is 0.00804. The van der Waals surface area contributed by atoms with Crippen molar-refractivity contribution in [3.05, 3.63) is 58.0 Å². The number of hydrogen-bond acceptors (Lipinski definition) is 4. The molecule has 5 aliphatic rings. The van der Waals surface area contributed by atoms with Crippen LogP contribution >= 0.6 is 15.9 Å². The Labute approximate surface area is 282 Å². The van der Waals surface area contributed by atoms with Gasteiger partial charge in [0, 0.05) is 21.0 Å². The van der Waals surface area contributed by atoms with E-state index in [2.05, 4.69) is 99.7 Å². The fourth-order valence-electron chi connectivity index (χ4n) is 12.7. The van der Waals surface area contributed by atoms with E-state index < -0.39 is 11.4 Å². The molecule has 1 N–H and O–H groups in total. The molecule has 5 aliphatic carbocycles. The average Bonchev–Trinajstić information content (AvgIpc) is 3.47. The van der Waals surface area contributed by atoms with Crippen LogP contribution in [-0.2, 0) is 16.6 Å². The number of nitrogens with zero attached hydrogens (tertiary/aromatic N) is 4. The Hall–Kier alpha value is -2.54. The number of carboxylic acid groups (broad SMARTS) is 1. The maximum absolute atomic E-state index is 13.1. The molecule has 2 aromatic heterocycles. The van der Waals surface area contributed by atoms with Crippen LogP contribution in [0.5, 0.6) is 0 Å². The molecule has 2 heterocycles. The van der Waals surface area contributed by atoms with Crippen molar-refractivity contribution in [3.8, 4) is 11.3 Å². The highest BCUT2D eigenvalue weighted by atomic mass is 79.9. The molecule has 3 aromatic rings. The number of fused-ring (bicyclic) bond motifs is 9. The molecule has 3 fully saturated rings. The molecule has 1 aromatic carbocycles. The van der Waals surface area contributed by atoms with E-state index in [-0.39, 0.29) is 27.6 Å². The predicted molar refractivity (Wildman–Crippen MR) is 184 cm³/mol. The first-order valence-electron chi connectivity index (χ1n) is 17.6. The van der Waals surface area contributed by atoms with Gasteiger partial charge in [-0.1, -0.05) is 88.2 Å². The number of benzene rings is 1. The van der Waals surface area contributed by atoms with E-state index in [9.17, 15) is 9.90 Å². The summed E-state index contributed by atoms with van der Waals surface area (Å²) in [5, 5.41) is 15.5. The smallest absolute Gasteiger partial charge is 0.310 e. The minimum Gasteiger partial charge on any atom is -0.481 e. The fraction of sp³-hybridized carbons (Fsp3) is 0.641. The van der Waals surface area contributed by atoms with Gasteiger partial charge in [0.05, 0.1) is 16.8 Å². The summed E-state index contributed by atoms with van der Waals surface area (Å²) >= 11 is 3.64. The van der Waals surface area contributed by atoms with Crippen molar-refractivity contribution in [3.63, 3.8) is 0 Å². The highest BCUT2D eigenvalue weighted by molar-refractivity contribution is 9.10. The lowest BCUT2D eigenvalue weighted by Gasteiger charge is -2.70. The second kappa shape index (κ2) is 9.76. The first-order chi connectivity index (χ1) is 21.7. The molecule has 0 radical (unpaired) electrons. The van der Waals surface area contributed by atoms with Gasteiger partial charge in [-0.05, 0) is 109 Å². The van der Waals surface area contributed by atoms with Crippen LogP contribution in [0.15, 0.2) is 46.7 Å². The Morgan fingerprint density at radius 3 is 2.43 bits per heavy atom. The summed E-state index contributed by atoms with van der Waals surface area (Å²) in [5.74, 6) is 2.15. The van der Waals surface area contributed by atoms with Gasteiger partial charge in [-0.15, -0.1) is 0 Å². The fourth-order valence-corrected chi connectivity index (χ4v) is 12.9. The standard InChI is InChI=1S/C39H49BrN4O2/c1-22-14-17-39(33(45)46)19-18-37(6)27(30(39)23(22)2)12-13-29-36(5)20-26-31(24-8-10-25(40)11-9-24)44-34(41-21-42-44)43-32(26)35(3,4)28(36)15-16-38(29,37)7/h8-12,21-23,28-30H,13-20H2,1-7H3,(H,45,46)/t22-,23+,28?,29?,30?,36+,37-,38-,39+/m1/s1. The Morgan fingerprint density at radius 2 is 1.72 bits per heavy atom. The van der Waals surface area contributed by atoms with Crippen molar-refractivity contribution in [2.75, 3.05) is 0 Å². The molecule has 46 heavy (non-hydrogen) atoms. The minimum atomic E-state index is -0.609. The van der Waals surface area contributed by atoms with Gasteiger partial charge >= 0.3 is 5.97 Å². The number of rotatable bonds is 2.